The first-order valence-electron chi connectivity index (χ1n) is 11.2. The normalized spacial score (nSPS) is 19.6. The third kappa shape index (κ3) is 4.42. The molecule has 0 saturated carbocycles. The van der Waals surface area contributed by atoms with Gasteiger partial charge in [-0.3, -0.25) is 9.78 Å². The molecule has 3 heterocycles. The van der Waals surface area contributed by atoms with Crippen molar-refractivity contribution < 1.29 is 14.3 Å². The molecule has 1 amide bonds. The van der Waals surface area contributed by atoms with Crippen molar-refractivity contribution in [2.75, 3.05) is 19.7 Å². The molecule has 1 aromatic heterocycles. The molecule has 0 bridgehead atoms. The molecule has 0 radical (unpaired) electrons. The number of benzene rings is 2. The standard InChI is InChI=1S/C26H28N2O3/c1-18-4-9-24-20(15-18)16-21(17-27-24)19-5-7-22(8-6-19)31-23-10-12-28(13-11-23)26(29)25-3-2-14-30-25/h4-9,15-17,23,25H,2-3,10-14H2,1H3. The maximum absolute atomic E-state index is 12.5. The minimum absolute atomic E-state index is 0.143. The van der Waals surface area contributed by atoms with E-state index in [2.05, 4.69) is 48.3 Å². The van der Waals surface area contributed by atoms with Crippen molar-refractivity contribution in [1.82, 2.24) is 9.88 Å². The van der Waals surface area contributed by atoms with Gasteiger partial charge in [-0.25, -0.2) is 0 Å². The van der Waals surface area contributed by atoms with Crippen molar-refractivity contribution in [3.05, 3.63) is 60.3 Å². The van der Waals surface area contributed by atoms with Crippen LogP contribution >= 0.6 is 0 Å². The lowest BCUT2D eigenvalue weighted by Crippen LogP contribution is -2.45. The Labute approximate surface area is 183 Å². The van der Waals surface area contributed by atoms with Crippen LogP contribution in [0.2, 0.25) is 0 Å². The smallest absolute Gasteiger partial charge is 0.251 e. The number of hydrogen-bond acceptors (Lipinski definition) is 4. The van der Waals surface area contributed by atoms with E-state index in [1.165, 1.54) is 5.56 Å². The number of carbonyl (C=O) groups excluding carboxylic acids is 1. The van der Waals surface area contributed by atoms with E-state index in [1.807, 2.05) is 23.2 Å². The molecule has 5 rings (SSSR count). The third-order valence-electron chi connectivity index (χ3n) is 6.29. The zero-order valence-corrected chi connectivity index (χ0v) is 17.9. The van der Waals surface area contributed by atoms with Crippen LogP contribution in [-0.2, 0) is 9.53 Å². The molecule has 31 heavy (non-hydrogen) atoms. The topological polar surface area (TPSA) is 51.7 Å². The summed E-state index contributed by atoms with van der Waals surface area (Å²) in [6.07, 6.45) is 5.40. The summed E-state index contributed by atoms with van der Waals surface area (Å²) in [4.78, 5) is 19.0. The second-order valence-electron chi connectivity index (χ2n) is 8.59. The molecule has 0 N–H and O–H groups in total. The van der Waals surface area contributed by atoms with Crippen LogP contribution in [0.3, 0.4) is 0 Å². The first kappa shape index (κ1) is 20.0. The number of amides is 1. The van der Waals surface area contributed by atoms with E-state index in [4.69, 9.17) is 9.47 Å². The number of piperidine rings is 1. The Morgan fingerprint density at radius 3 is 2.58 bits per heavy atom. The van der Waals surface area contributed by atoms with E-state index in [-0.39, 0.29) is 18.1 Å². The molecule has 2 aliphatic rings. The lowest BCUT2D eigenvalue weighted by molar-refractivity contribution is -0.142. The highest BCUT2D eigenvalue weighted by Crippen LogP contribution is 2.27. The quantitative estimate of drug-likeness (QED) is 0.615. The van der Waals surface area contributed by atoms with E-state index in [0.29, 0.717) is 6.61 Å². The molecular weight excluding hydrogens is 388 g/mol. The first-order chi connectivity index (χ1) is 15.2. The van der Waals surface area contributed by atoms with Crippen molar-refractivity contribution in [1.29, 1.82) is 0 Å². The van der Waals surface area contributed by atoms with Crippen LogP contribution in [0.4, 0.5) is 0 Å². The van der Waals surface area contributed by atoms with Gasteiger partial charge in [0.25, 0.3) is 5.91 Å². The van der Waals surface area contributed by atoms with Gasteiger partial charge in [-0.2, -0.15) is 0 Å². The zero-order chi connectivity index (χ0) is 21.2. The molecule has 160 valence electrons. The van der Waals surface area contributed by atoms with Crippen molar-refractivity contribution in [2.45, 2.75) is 44.8 Å². The molecule has 2 fully saturated rings. The molecule has 2 aliphatic heterocycles. The number of fused-ring (bicyclic) bond motifs is 1. The minimum Gasteiger partial charge on any atom is -0.490 e. The Bertz CT molecular complexity index is 1070. The van der Waals surface area contributed by atoms with Gasteiger partial charge in [-0.15, -0.1) is 0 Å². The average Bonchev–Trinajstić information content (AvgIpc) is 3.34. The molecular formula is C26H28N2O3. The van der Waals surface area contributed by atoms with Crippen LogP contribution in [0.25, 0.3) is 22.0 Å². The lowest BCUT2D eigenvalue weighted by Gasteiger charge is -2.33. The fourth-order valence-corrected chi connectivity index (χ4v) is 4.50. The number of hydrogen-bond donors (Lipinski definition) is 0. The van der Waals surface area contributed by atoms with Gasteiger partial charge >= 0.3 is 0 Å². The van der Waals surface area contributed by atoms with E-state index in [0.717, 1.165) is 66.6 Å². The van der Waals surface area contributed by atoms with Gasteiger partial charge in [0.15, 0.2) is 0 Å². The van der Waals surface area contributed by atoms with Gasteiger partial charge in [0.05, 0.1) is 5.52 Å². The summed E-state index contributed by atoms with van der Waals surface area (Å²) in [5.74, 6) is 1.02. The summed E-state index contributed by atoms with van der Waals surface area (Å²) in [6.45, 7) is 4.29. The van der Waals surface area contributed by atoms with Gasteiger partial charge in [0, 0.05) is 49.7 Å². The molecule has 1 atom stereocenters. The average molecular weight is 417 g/mol. The summed E-state index contributed by atoms with van der Waals surface area (Å²) in [7, 11) is 0. The Morgan fingerprint density at radius 1 is 1.03 bits per heavy atom. The number of pyridine rings is 1. The Hall–Kier alpha value is -2.92. The summed E-state index contributed by atoms with van der Waals surface area (Å²) in [5.41, 5.74) is 4.48. The lowest BCUT2D eigenvalue weighted by atomic mass is 10.0. The molecule has 1 unspecified atom stereocenters. The Kier molecular flexibility index (Phi) is 5.60. The Balaban J connectivity index is 1.20. The van der Waals surface area contributed by atoms with Crippen molar-refractivity contribution in [3.63, 3.8) is 0 Å². The molecule has 0 aliphatic carbocycles. The van der Waals surface area contributed by atoms with Crippen LogP contribution < -0.4 is 4.74 Å². The van der Waals surface area contributed by atoms with Gasteiger partial charge in [-0.1, -0.05) is 23.8 Å². The number of nitrogens with zero attached hydrogens (tertiary/aromatic N) is 2. The SMILES string of the molecule is Cc1ccc2ncc(-c3ccc(OC4CCN(C(=O)C5CCCO5)CC4)cc3)cc2c1. The van der Waals surface area contributed by atoms with Crippen molar-refractivity contribution in [3.8, 4) is 16.9 Å². The number of rotatable bonds is 4. The summed E-state index contributed by atoms with van der Waals surface area (Å²) < 4.78 is 11.7. The molecule has 5 nitrogen and oxygen atoms in total. The third-order valence-corrected chi connectivity index (χ3v) is 6.29. The number of carbonyl (C=O) groups is 1. The molecule has 2 saturated heterocycles. The van der Waals surface area contributed by atoms with Gasteiger partial charge in [-0.05, 0) is 55.7 Å². The molecule has 0 spiro atoms. The first-order valence-corrected chi connectivity index (χ1v) is 11.2. The second kappa shape index (κ2) is 8.67. The van der Waals surface area contributed by atoms with E-state index < -0.39 is 0 Å². The highest BCUT2D eigenvalue weighted by molar-refractivity contribution is 5.84. The summed E-state index contributed by atoms with van der Waals surface area (Å²) in [6, 6.07) is 16.7. The van der Waals surface area contributed by atoms with E-state index in [1.54, 1.807) is 0 Å². The van der Waals surface area contributed by atoms with Crippen molar-refractivity contribution >= 4 is 16.8 Å². The van der Waals surface area contributed by atoms with Crippen molar-refractivity contribution in [2.24, 2.45) is 0 Å². The van der Waals surface area contributed by atoms with Crippen LogP contribution in [0.1, 0.15) is 31.2 Å². The fourth-order valence-electron chi connectivity index (χ4n) is 4.50. The number of ether oxygens (including phenoxy) is 2. The van der Waals surface area contributed by atoms with Crippen LogP contribution in [0, 0.1) is 6.92 Å². The zero-order valence-electron chi connectivity index (χ0n) is 17.9. The monoisotopic (exact) mass is 416 g/mol. The predicted molar refractivity (Wildman–Crippen MR) is 121 cm³/mol. The maximum Gasteiger partial charge on any atom is 0.251 e. The minimum atomic E-state index is -0.224. The number of aryl methyl sites for hydroxylation is 1. The van der Waals surface area contributed by atoms with Gasteiger partial charge < -0.3 is 14.4 Å². The largest absolute Gasteiger partial charge is 0.490 e. The highest BCUT2D eigenvalue weighted by Gasteiger charge is 2.31. The Morgan fingerprint density at radius 2 is 1.84 bits per heavy atom. The van der Waals surface area contributed by atoms with Gasteiger partial charge in [0.2, 0.25) is 0 Å². The predicted octanol–water partition coefficient (Wildman–Crippen LogP) is 4.76. The summed E-state index contributed by atoms with van der Waals surface area (Å²) >= 11 is 0. The number of likely N-dealkylation sites (tertiary alicyclic amines) is 1. The van der Waals surface area contributed by atoms with Crippen LogP contribution in [0.15, 0.2) is 54.7 Å². The second-order valence-corrected chi connectivity index (χ2v) is 8.59. The molecule has 3 aromatic rings. The summed E-state index contributed by atoms with van der Waals surface area (Å²) in [5, 5.41) is 1.15. The molecule has 2 aromatic carbocycles. The van der Waals surface area contributed by atoms with E-state index in [9.17, 15) is 4.79 Å². The highest BCUT2D eigenvalue weighted by atomic mass is 16.5. The van der Waals surface area contributed by atoms with Gasteiger partial charge in [0.1, 0.15) is 18.0 Å². The van der Waals surface area contributed by atoms with Crippen LogP contribution in [0.5, 0.6) is 5.75 Å². The van der Waals surface area contributed by atoms with Crippen LogP contribution in [-0.4, -0.2) is 47.7 Å². The van der Waals surface area contributed by atoms with E-state index >= 15 is 0 Å². The maximum atomic E-state index is 12.5. The fraction of sp³-hybridized carbons (Fsp3) is 0.385. The molecule has 5 heteroatoms. The number of aromatic nitrogens is 1.